The van der Waals surface area contributed by atoms with Crippen molar-refractivity contribution < 1.29 is 22.7 Å². The summed E-state index contributed by atoms with van der Waals surface area (Å²) in [6.07, 6.45) is -3.09. The van der Waals surface area contributed by atoms with E-state index in [4.69, 9.17) is 0 Å². The van der Waals surface area contributed by atoms with Gasteiger partial charge < -0.3 is 4.74 Å². The van der Waals surface area contributed by atoms with E-state index < -0.39 is 6.36 Å². The summed E-state index contributed by atoms with van der Waals surface area (Å²) in [4.78, 5) is 21.0. The molecule has 1 aromatic carbocycles. The largest absolute Gasteiger partial charge is 0.573 e. The van der Waals surface area contributed by atoms with Crippen LogP contribution in [0.15, 0.2) is 60.8 Å². The number of aryl methyl sites for hydroxylation is 1. The van der Waals surface area contributed by atoms with Crippen molar-refractivity contribution in [2.24, 2.45) is 0 Å². The molecule has 0 bridgehead atoms. The van der Waals surface area contributed by atoms with Crippen molar-refractivity contribution >= 4 is 5.78 Å². The van der Waals surface area contributed by atoms with Gasteiger partial charge in [-0.2, -0.15) is 0 Å². The second-order valence-corrected chi connectivity index (χ2v) is 5.87. The van der Waals surface area contributed by atoms with Gasteiger partial charge in [0, 0.05) is 28.7 Å². The molecule has 3 aromatic rings. The van der Waals surface area contributed by atoms with E-state index in [9.17, 15) is 18.0 Å². The summed E-state index contributed by atoms with van der Waals surface area (Å²) in [5.41, 5.74) is 3.02. The maximum Gasteiger partial charge on any atom is 0.573 e. The number of ketones is 1. The number of hydrogen-bond acceptors (Lipinski definition) is 4. The predicted octanol–water partition coefficient (Wildman–Crippen LogP) is 4.78. The lowest BCUT2D eigenvalue weighted by atomic mass is 10.0. The Morgan fingerprint density at radius 1 is 1.07 bits per heavy atom. The highest BCUT2D eigenvalue weighted by molar-refractivity contribution is 5.98. The number of ether oxygens (including phenoxy) is 1. The highest BCUT2D eigenvalue weighted by Gasteiger charge is 2.30. The van der Waals surface area contributed by atoms with E-state index in [-0.39, 0.29) is 18.0 Å². The van der Waals surface area contributed by atoms with Crippen LogP contribution in [0.1, 0.15) is 21.7 Å². The first-order valence-electron chi connectivity index (χ1n) is 8.08. The minimum Gasteiger partial charge on any atom is -0.406 e. The summed E-state index contributed by atoms with van der Waals surface area (Å²) < 4.78 is 40.5. The monoisotopic (exact) mass is 372 g/mol. The fourth-order valence-corrected chi connectivity index (χ4v) is 2.55. The molecule has 0 N–H and O–H groups in total. The van der Waals surface area contributed by atoms with Crippen molar-refractivity contribution in [3.8, 4) is 17.0 Å². The summed E-state index contributed by atoms with van der Waals surface area (Å²) >= 11 is 0. The van der Waals surface area contributed by atoms with Crippen LogP contribution in [0.2, 0.25) is 0 Å². The Morgan fingerprint density at radius 2 is 1.81 bits per heavy atom. The van der Waals surface area contributed by atoms with Gasteiger partial charge in [-0.15, -0.1) is 13.2 Å². The molecule has 4 nitrogen and oxygen atoms in total. The first-order chi connectivity index (χ1) is 12.8. The number of Topliss-reactive ketones (excluding diaryl/α,β-unsaturated/α-hetero) is 1. The average molecular weight is 372 g/mol. The van der Waals surface area contributed by atoms with Crippen molar-refractivity contribution in [2.75, 3.05) is 0 Å². The number of halogens is 3. The molecule has 2 aromatic heterocycles. The number of benzene rings is 1. The van der Waals surface area contributed by atoms with Gasteiger partial charge in [-0.3, -0.25) is 14.8 Å². The van der Waals surface area contributed by atoms with Gasteiger partial charge in [0.1, 0.15) is 5.75 Å². The molecule has 0 aliphatic heterocycles. The quantitative estimate of drug-likeness (QED) is 0.605. The standard InChI is InChI=1S/C20H15F3N2O2/c1-13-3-2-4-16(25-13)12-19(26)15-9-10-24-18(11-15)14-5-7-17(8-6-14)27-20(21,22)23/h2-11H,12H2,1H3. The molecule has 0 amide bonds. The molecule has 0 aliphatic carbocycles. The van der Waals surface area contributed by atoms with Crippen LogP contribution in [-0.4, -0.2) is 22.1 Å². The maximum absolute atomic E-state index is 12.5. The Bertz CT molecular complexity index is 954. The van der Waals surface area contributed by atoms with Gasteiger partial charge in [-0.1, -0.05) is 6.07 Å². The summed E-state index contributed by atoms with van der Waals surface area (Å²) in [5.74, 6) is -0.433. The van der Waals surface area contributed by atoms with E-state index in [1.54, 1.807) is 18.2 Å². The van der Waals surface area contributed by atoms with E-state index in [0.717, 1.165) is 5.69 Å². The number of rotatable bonds is 5. The molecular weight excluding hydrogens is 357 g/mol. The molecule has 7 heteroatoms. The lowest BCUT2D eigenvalue weighted by molar-refractivity contribution is -0.274. The van der Waals surface area contributed by atoms with Crippen molar-refractivity contribution in [1.29, 1.82) is 0 Å². The van der Waals surface area contributed by atoms with Gasteiger partial charge in [0.15, 0.2) is 5.78 Å². The van der Waals surface area contributed by atoms with Gasteiger partial charge in [0.05, 0.1) is 12.1 Å². The van der Waals surface area contributed by atoms with Crippen LogP contribution in [0.25, 0.3) is 11.3 Å². The number of carbonyl (C=O) groups is 1. The third-order valence-corrected chi connectivity index (χ3v) is 3.75. The van der Waals surface area contributed by atoms with Gasteiger partial charge in [0.25, 0.3) is 0 Å². The number of nitrogens with zero attached hydrogens (tertiary/aromatic N) is 2. The van der Waals surface area contributed by atoms with Crippen LogP contribution in [0.3, 0.4) is 0 Å². The zero-order chi connectivity index (χ0) is 19.4. The van der Waals surface area contributed by atoms with Crippen LogP contribution in [0.5, 0.6) is 5.75 Å². The van der Waals surface area contributed by atoms with E-state index in [1.807, 2.05) is 19.1 Å². The molecule has 0 fully saturated rings. The second kappa shape index (κ2) is 7.57. The van der Waals surface area contributed by atoms with Crippen molar-refractivity contribution in [1.82, 2.24) is 9.97 Å². The normalized spacial score (nSPS) is 11.3. The van der Waals surface area contributed by atoms with E-state index in [2.05, 4.69) is 14.7 Å². The molecule has 27 heavy (non-hydrogen) atoms. The third-order valence-electron chi connectivity index (χ3n) is 3.75. The fraction of sp³-hybridized carbons (Fsp3) is 0.150. The van der Waals surface area contributed by atoms with Crippen LogP contribution in [-0.2, 0) is 6.42 Å². The SMILES string of the molecule is Cc1cccc(CC(=O)c2ccnc(-c3ccc(OC(F)(F)F)cc3)c2)n1. The molecule has 3 rings (SSSR count). The number of pyridine rings is 2. The molecule has 0 spiro atoms. The highest BCUT2D eigenvalue weighted by atomic mass is 19.4. The second-order valence-electron chi connectivity index (χ2n) is 5.87. The highest BCUT2D eigenvalue weighted by Crippen LogP contribution is 2.26. The summed E-state index contributed by atoms with van der Waals surface area (Å²) in [6.45, 7) is 1.85. The number of carbonyl (C=O) groups excluding carboxylic acids is 1. The van der Waals surface area contributed by atoms with Crippen LogP contribution >= 0.6 is 0 Å². The summed E-state index contributed by atoms with van der Waals surface area (Å²) in [5, 5.41) is 0. The Hall–Kier alpha value is -3.22. The first kappa shape index (κ1) is 18.6. The molecule has 2 heterocycles. The molecule has 0 saturated heterocycles. The average Bonchev–Trinajstić information content (AvgIpc) is 2.61. The van der Waals surface area contributed by atoms with Gasteiger partial charge in [-0.25, -0.2) is 0 Å². The molecule has 0 saturated carbocycles. The van der Waals surface area contributed by atoms with Crippen molar-refractivity contribution in [3.05, 3.63) is 77.7 Å². The zero-order valence-corrected chi connectivity index (χ0v) is 14.3. The van der Waals surface area contributed by atoms with Crippen LogP contribution in [0, 0.1) is 6.92 Å². The molecule has 0 radical (unpaired) electrons. The Kier molecular flexibility index (Phi) is 5.21. The van der Waals surface area contributed by atoms with Gasteiger partial charge in [0.2, 0.25) is 0 Å². The molecule has 138 valence electrons. The zero-order valence-electron chi connectivity index (χ0n) is 14.3. The van der Waals surface area contributed by atoms with E-state index >= 15 is 0 Å². The lowest BCUT2D eigenvalue weighted by Gasteiger charge is -2.09. The molecular formula is C20H15F3N2O2. The number of aromatic nitrogens is 2. The van der Waals surface area contributed by atoms with Crippen molar-refractivity contribution in [3.63, 3.8) is 0 Å². The Labute approximate surface area is 153 Å². The Morgan fingerprint density at radius 3 is 2.48 bits per heavy atom. The van der Waals surface area contributed by atoms with Crippen molar-refractivity contribution in [2.45, 2.75) is 19.7 Å². The van der Waals surface area contributed by atoms with Crippen LogP contribution < -0.4 is 4.74 Å². The van der Waals surface area contributed by atoms with Crippen LogP contribution in [0.4, 0.5) is 13.2 Å². The lowest BCUT2D eigenvalue weighted by Crippen LogP contribution is -2.16. The number of hydrogen-bond donors (Lipinski definition) is 0. The van der Waals surface area contributed by atoms with E-state index in [0.29, 0.717) is 22.5 Å². The van der Waals surface area contributed by atoms with Gasteiger partial charge in [-0.05, 0) is 55.5 Å². The third kappa shape index (κ3) is 5.13. The first-order valence-corrected chi connectivity index (χ1v) is 8.08. The molecule has 0 aliphatic rings. The number of alkyl halides is 3. The maximum atomic E-state index is 12.5. The fourth-order valence-electron chi connectivity index (χ4n) is 2.55. The molecule has 0 atom stereocenters. The smallest absolute Gasteiger partial charge is 0.406 e. The minimum absolute atomic E-state index is 0.117. The summed E-state index contributed by atoms with van der Waals surface area (Å²) in [7, 11) is 0. The topological polar surface area (TPSA) is 52.1 Å². The minimum atomic E-state index is -4.74. The van der Waals surface area contributed by atoms with E-state index in [1.165, 1.54) is 30.5 Å². The molecule has 0 unspecified atom stereocenters. The summed E-state index contributed by atoms with van der Waals surface area (Å²) in [6, 6.07) is 14.0. The Balaban J connectivity index is 1.78. The predicted molar refractivity (Wildman–Crippen MR) is 93.4 cm³/mol. The van der Waals surface area contributed by atoms with Gasteiger partial charge >= 0.3 is 6.36 Å².